The van der Waals surface area contributed by atoms with Crippen LogP contribution in [0.1, 0.15) is 47.0 Å². The Bertz CT molecular complexity index is 304. The number of rotatable bonds is 9. The summed E-state index contributed by atoms with van der Waals surface area (Å²) in [7, 11) is 0. The van der Waals surface area contributed by atoms with Gasteiger partial charge < -0.3 is 9.47 Å². The highest BCUT2D eigenvalue weighted by atomic mass is 16.5. The Labute approximate surface area is 129 Å². The molecule has 0 saturated carbocycles. The molecule has 5 heteroatoms. The van der Waals surface area contributed by atoms with Gasteiger partial charge in [0.1, 0.15) is 5.54 Å². The molecule has 1 aliphatic heterocycles. The molecule has 0 aromatic rings. The van der Waals surface area contributed by atoms with Crippen molar-refractivity contribution in [2.75, 3.05) is 39.5 Å². The summed E-state index contributed by atoms with van der Waals surface area (Å²) >= 11 is 0. The van der Waals surface area contributed by atoms with Crippen LogP contribution in [-0.4, -0.2) is 61.9 Å². The van der Waals surface area contributed by atoms with E-state index >= 15 is 0 Å². The lowest BCUT2D eigenvalue weighted by Crippen LogP contribution is -2.53. The maximum Gasteiger partial charge on any atom is 0.326 e. The van der Waals surface area contributed by atoms with E-state index in [0.29, 0.717) is 6.61 Å². The van der Waals surface area contributed by atoms with Gasteiger partial charge in [0.2, 0.25) is 0 Å². The van der Waals surface area contributed by atoms with Crippen LogP contribution >= 0.6 is 0 Å². The normalized spacial score (nSPS) is 19.5. The van der Waals surface area contributed by atoms with Crippen LogP contribution in [0.3, 0.4) is 0 Å². The molecule has 124 valence electrons. The molecule has 1 atom stereocenters. The van der Waals surface area contributed by atoms with E-state index in [4.69, 9.17) is 9.47 Å². The number of carbonyl (C=O) groups excluding carboxylic acids is 1. The largest absolute Gasteiger partial charge is 0.465 e. The third kappa shape index (κ3) is 6.76. The minimum absolute atomic E-state index is 0.134. The van der Waals surface area contributed by atoms with Gasteiger partial charge >= 0.3 is 5.97 Å². The summed E-state index contributed by atoms with van der Waals surface area (Å²) in [5.41, 5.74) is -0.574. The van der Waals surface area contributed by atoms with Gasteiger partial charge in [-0.2, -0.15) is 0 Å². The summed E-state index contributed by atoms with van der Waals surface area (Å²) in [5.74, 6) is -0.134. The van der Waals surface area contributed by atoms with Gasteiger partial charge in [-0.3, -0.25) is 15.0 Å². The topological polar surface area (TPSA) is 50.8 Å². The molecule has 1 rings (SSSR count). The van der Waals surface area contributed by atoms with Crippen molar-refractivity contribution < 1.29 is 14.3 Å². The van der Waals surface area contributed by atoms with Crippen LogP contribution in [0, 0.1) is 0 Å². The average Bonchev–Trinajstić information content (AvgIpc) is 2.44. The number of esters is 1. The number of hydrogen-bond acceptors (Lipinski definition) is 5. The number of unbranched alkanes of at least 4 members (excludes halogenated alkanes) is 1. The molecule has 1 aliphatic rings. The van der Waals surface area contributed by atoms with Crippen LogP contribution < -0.4 is 5.32 Å². The summed E-state index contributed by atoms with van der Waals surface area (Å²) in [6, 6.07) is 0.263. The molecule has 21 heavy (non-hydrogen) atoms. The molecule has 0 radical (unpaired) electrons. The van der Waals surface area contributed by atoms with Crippen LogP contribution in [0.5, 0.6) is 0 Å². The van der Waals surface area contributed by atoms with Gasteiger partial charge in [0.05, 0.1) is 19.8 Å². The molecule has 1 unspecified atom stereocenters. The van der Waals surface area contributed by atoms with Crippen molar-refractivity contribution in [2.45, 2.75) is 58.5 Å². The van der Waals surface area contributed by atoms with E-state index in [9.17, 15) is 4.79 Å². The number of morpholine rings is 1. The standard InChI is InChI=1S/C16H32N2O3/c1-5-21-15(19)16(4,17-14(2)3)8-6-7-9-18-10-12-20-13-11-18/h14,17H,5-13H2,1-4H3. The molecule has 1 heterocycles. The molecular weight excluding hydrogens is 268 g/mol. The zero-order chi connectivity index (χ0) is 15.7. The highest BCUT2D eigenvalue weighted by Gasteiger charge is 2.34. The van der Waals surface area contributed by atoms with E-state index in [2.05, 4.69) is 24.1 Å². The number of hydrogen-bond donors (Lipinski definition) is 1. The van der Waals surface area contributed by atoms with Gasteiger partial charge in [-0.15, -0.1) is 0 Å². The summed E-state index contributed by atoms with van der Waals surface area (Å²) in [6.07, 6.45) is 2.94. The summed E-state index contributed by atoms with van der Waals surface area (Å²) in [5, 5.41) is 3.37. The molecule has 5 nitrogen and oxygen atoms in total. The SMILES string of the molecule is CCOC(=O)C(C)(CCCCN1CCOCC1)NC(C)C. The molecular formula is C16H32N2O3. The van der Waals surface area contributed by atoms with E-state index in [1.54, 1.807) is 0 Å². The van der Waals surface area contributed by atoms with E-state index in [-0.39, 0.29) is 12.0 Å². The average molecular weight is 300 g/mol. The van der Waals surface area contributed by atoms with Crippen molar-refractivity contribution >= 4 is 5.97 Å². The van der Waals surface area contributed by atoms with Gasteiger partial charge in [0, 0.05) is 19.1 Å². The fraction of sp³-hybridized carbons (Fsp3) is 0.938. The van der Waals surface area contributed by atoms with Crippen molar-refractivity contribution in [3.8, 4) is 0 Å². The van der Waals surface area contributed by atoms with E-state index in [1.165, 1.54) is 0 Å². The molecule has 0 aliphatic carbocycles. The minimum Gasteiger partial charge on any atom is -0.465 e. The Morgan fingerprint density at radius 1 is 1.33 bits per heavy atom. The van der Waals surface area contributed by atoms with Crippen molar-refractivity contribution in [3.63, 3.8) is 0 Å². The number of carbonyl (C=O) groups is 1. The Kier molecular flexibility index (Phi) is 8.22. The maximum atomic E-state index is 12.2. The van der Waals surface area contributed by atoms with Gasteiger partial charge in [-0.1, -0.05) is 0 Å². The molecule has 1 fully saturated rings. The summed E-state index contributed by atoms with van der Waals surface area (Å²) < 4.78 is 10.6. The lowest BCUT2D eigenvalue weighted by atomic mass is 9.93. The minimum atomic E-state index is -0.574. The monoisotopic (exact) mass is 300 g/mol. The molecule has 0 bridgehead atoms. The molecule has 1 saturated heterocycles. The summed E-state index contributed by atoms with van der Waals surface area (Å²) in [4.78, 5) is 14.6. The van der Waals surface area contributed by atoms with Crippen LogP contribution in [-0.2, 0) is 14.3 Å². The number of nitrogens with one attached hydrogen (secondary N) is 1. The summed E-state index contributed by atoms with van der Waals surface area (Å²) in [6.45, 7) is 13.2. The molecule has 0 aromatic heterocycles. The quantitative estimate of drug-likeness (QED) is 0.520. The maximum absolute atomic E-state index is 12.2. The van der Waals surface area contributed by atoms with Gasteiger partial charge in [0.25, 0.3) is 0 Å². The zero-order valence-corrected chi connectivity index (χ0v) is 14.1. The van der Waals surface area contributed by atoms with Crippen molar-refractivity contribution in [3.05, 3.63) is 0 Å². The Hall–Kier alpha value is -0.650. The first kappa shape index (κ1) is 18.4. The second-order valence-corrected chi connectivity index (χ2v) is 6.26. The highest BCUT2D eigenvalue weighted by Crippen LogP contribution is 2.17. The lowest BCUT2D eigenvalue weighted by molar-refractivity contribution is -0.151. The first-order valence-electron chi connectivity index (χ1n) is 8.23. The van der Waals surface area contributed by atoms with Gasteiger partial charge in [0.15, 0.2) is 0 Å². The molecule has 0 amide bonds. The third-order valence-electron chi connectivity index (χ3n) is 3.84. The predicted octanol–water partition coefficient (Wildman–Crippen LogP) is 1.81. The first-order valence-corrected chi connectivity index (χ1v) is 8.23. The van der Waals surface area contributed by atoms with Gasteiger partial charge in [-0.25, -0.2) is 0 Å². The third-order valence-corrected chi connectivity index (χ3v) is 3.84. The van der Waals surface area contributed by atoms with E-state index in [0.717, 1.165) is 52.1 Å². The van der Waals surface area contributed by atoms with Crippen LogP contribution in [0.15, 0.2) is 0 Å². The fourth-order valence-electron chi connectivity index (χ4n) is 2.80. The van der Waals surface area contributed by atoms with Crippen molar-refractivity contribution in [1.29, 1.82) is 0 Å². The Morgan fingerprint density at radius 3 is 2.57 bits per heavy atom. The predicted molar refractivity (Wildman–Crippen MR) is 84.4 cm³/mol. The second kappa shape index (κ2) is 9.38. The number of nitrogens with zero attached hydrogens (tertiary/aromatic N) is 1. The Morgan fingerprint density at radius 2 is 2.00 bits per heavy atom. The van der Waals surface area contributed by atoms with Crippen LogP contribution in [0.2, 0.25) is 0 Å². The van der Waals surface area contributed by atoms with E-state index in [1.807, 2.05) is 13.8 Å². The van der Waals surface area contributed by atoms with Crippen LogP contribution in [0.4, 0.5) is 0 Å². The molecule has 0 aromatic carbocycles. The lowest BCUT2D eigenvalue weighted by Gasteiger charge is -2.31. The first-order chi connectivity index (χ1) is 9.98. The van der Waals surface area contributed by atoms with Crippen molar-refractivity contribution in [2.24, 2.45) is 0 Å². The second-order valence-electron chi connectivity index (χ2n) is 6.26. The molecule has 1 N–H and O–H groups in total. The smallest absolute Gasteiger partial charge is 0.326 e. The number of ether oxygens (including phenoxy) is 2. The Balaban J connectivity index is 2.36. The van der Waals surface area contributed by atoms with E-state index < -0.39 is 5.54 Å². The van der Waals surface area contributed by atoms with Crippen molar-refractivity contribution in [1.82, 2.24) is 10.2 Å². The highest BCUT2D eigenvalue weighted by molar-refractivity contribution is 5.80. The van der Waals surface area contributed by atoms with Crippen LogP contribution in [0.25, 0.3) is 0 Å². The fourth-order valence-corrected chi connectivity index (χ4v) is 2.80. The molecule has 0 spiro atoms. The van der Waals surface area contributed by atoms with Gasteiger partial charge in [-0.05, 0) is 53.5 Å². The zero-order valence-electron chi connectivity index (χ0n) is 14.1.